The van der Waals surface area contributed by atoms with Crippen molar-refractivity contribution in [2.24, 2.45) is 14.1 Å². The minimum atomic E-state index is -0.686. The van der Waals surface area contributed by atoms with Gasteiger partial charge in [-0.25, -0.2) is 9.97 Å². The number of carbonyl (C=O) groups is 2. The van der Waals surface area contributed by atoms with Crippen molar-refractivity contribution in [1.29, 1.82) is 10.5 Å². The zero-order chi connectivity index (χ0) is 50.2. The minimum absolute atomic E-state index is 0.107. The van der Waals surface area contributed by atoms with E-state index in [1.165, 1.54) is 0 Å². The number of carbonyl (C=O) groups excluding carboxylic acids is 2. The monoisotopic (exact) mass is 954 g/mol. The number of pyridine rings is 2. The lowest BCUT2D eigenvalue weighted by atomic mass is 9.83. The predicted molar refractivity (Wildman–Crippen MR) is 280 cm³/mol. The first-order chi connectivity index (χ1) is 35.2. The summed E-state index contributed by atoms with van der Waals surface area (Å²) in [6.07, 6.45) is 15.7. The maximum atomic E-state index is 14.1. The van der Waals surface area contributed by atoms with Crippen LogP contribution >= 0.6 is 0 Å². The number of aromatic nitrogens is 6. The molecule has 4 aromatic heterocycles. The molecule has 0 radical (unpaired) electrons. The molecule has 0 saturated carbocycles. The maximum Gasteiger partial charge on any atom is 0.247 e. The molecule has 14 heteroatoms. The van der Waals surface area contributed by atoms with E-state index in [0.29, 0.717) is 48.7 Å². The van der Waals surface area contributed by atoms with Crippen LogP contribution in [0.5, 0.6) is 0 Å². The first kappa shape index (κ1) is 49.8. The lowest BCUT2D eigenvalue weighted by Crippen LogP contribution is -2.34. The molecular formula is C58H58N12O2. The van der Waals surface area contributed by atoms with Crippen molar-refractivity contribution in [2.75, 3.05) is 23.7 Å². The number of nitriles is 2. The molecule has 0 saturated heterocycles. The van der Waals surface area contributed by atoms with Gasteiger partial charge in [-0.3, -0.25) is 19.0 Å². The summed E-state index contributed by atoms with van der Waals surface area (Å²) in [6, 6.07) is 41.9. The van der Waals surface area contributed by atoms with Crippen LogP contribution in [-0.4, -0.2) is 54.4 Å². The molecule has 0 fully saturated rings. The molecule has 2 amide bonds. The van der Waals surface area contributed by atoms with Crippen LogP contribution in [0.3, 0.4) is 0 Å². The van der Waals surface area contributed by atoms with Crippen molar-refractivity contribution in [2.45, 2.75) is 63.5 Å². The number of hydrogen-bond donors (Lipinski definition) is 4. The SMILES string of the molecule is CCCCC(Cc1ccc([C@H](NCCc2ccc(C#N)cc2)C(=O)Nc2ccc(-c3cnn(C)c3)cn2)cc1)c1cc(C#N)ccc1CCN[C@@H](C(=O)Nc1cc(-c2cnn(C)c2)ccn1)c1ccccc1. The quantitative estimate of drug-likeness (QED) is 0.0509. The minimum Gasteiger partial charge on any atom is -0.309 e. The zero-order valence-corrected chi connectivity index (χ0v) is 40.8. The molecule has 4 heterocycles. The third-order valence-electron chi connectivity index (χ3n) is 12.8. The summed E-state index contributed by atoms with van der Waals surface area (Å²) in [5.41, 5.74) is 10.9. The molecule has 0 aliphatic carbocycles. The summed E-state index contributed by atoms with van der Waals surface area (Å²) in [7, 11) is 3.72. The van der Waals surface area contributed by atoms with E-state index < -0.39 is 12.1 Å². The van der Waals surface area contributed by atoms with Crippen molar-refractivity contribution in [3.8, 4) is 34.4 Å². The number of benzene rings is 4. The van der Waals surface area contributed by atoms with Gasteiger partial charge in [-0.2, -0.15) is 20.7 Å². The van der Waals surface area contributed by atoms with Gasteiger partial charge in [-0.05, 0) is 119 Å². The van der Waals surface area contributed by atoms with Gasteiger partial charge in [0, 0.05) is 68.7 Å². The van der Waals surface area contributed by atoms with Crippen molar-refractivity contribution in [1.82, 2.24) is 40.2 Å². The highest BCUT2D eigenvalue weighted by Gasteiger charge is 2.24. The van der Waals surface area contributed by atoms with Crippen molar-refractivity contribution >= 4 is 23.5 Å². The fourth-order valence-corrected chi connectivity index (χ4v) is 8.90. The van der Waals surface area contributed by atoms with Gasteiger partial charge >= 0.3 is 0 Å². The lowest BCUT2D eigenvalue weighted by molar-refractivity contribution is -0.119. The number of hydrogen-bond acceptors (Lipinski definition) is 10. The van der Waals surface area contributed by atoms with E-state index in [2.05, 4.69) is 78.7 Å². The van der Waals surface area contributed by atoms with E-state index in [-0.39, 0.29) is 17.7 Å². The van der Waals surface area contributed by atoms with Gasteiger partial charge in [-0.1, -0.05) is 92.6 Å². The molecular weight excluding hydrogens is 897 g/mol. The molecule has 4 aromatic carbocycles. The van der Waals surface area contributed by atoms with E-state index in [4.69, 9.17) is 0 Å². The van der Waals surface area contributed by atoms with E-state index in [1.807, 2.05) is 111 Å². The summed E-state index contributed by atoms with van der Waals surface area (Å²) >= 11 is 0. The van der Waals surface area contributed by atoms with Crippen LogP contribution in [0, 0.1) is 22.7 Å². The maximum absolute atomic E-state index is 14.1. The van der Waals surface area contributed by atoms with Crippen LogP contribution in [0.1, 0.15) is 88.7 Å². The normalized spacial score (nSPS) is 12.3. The summed E-state index contributed by atoms with van der Waals surface area (Å²) in [5, 5.41) is 41.0. The Morgan fingerprint density at radius 3 is 1.86 bits per heavy atom. The Hall–Kier alpha value is -8.56. The number of nitrogens with zero attached hydrogens (tertiary/aromatic N) is 8. The average molecular weight is 955 g/mol. The van der Waals surface area contributed by atoms with Gasteiger partial charge in [0.2, 0.25) is 11.8 Å². The Balaban J connectivity index is 0.983. The zero-order valence-electron chi connectivity index (χ0n) is 40.8. The van der Waals surface area contributed by atoms with Gasteiger partial charge in [0.05, 0.1) is 35.7 Å². The number of unbranched alkanes of at least 4 members (excludes halogenated alkanes) is 1. The molecule has 3 atom stereocenters. The highest BCUT2D eigenvalue weighted by atomic mass is 16.2. The van der Waals surface area contributed by atoms with Crippen molar-refractivity contribution < 1.29 is 9.59 Å². The Bertz CT molecular complexity index is 3150. The van der Waals surface area contributed by atoms with E-state index in [0.717, 1.165) is 81.3 Å². The van der Waals surface area contributed by atoms with E-state index >= 15 is 0 Å². The van der Waals surface area contributed by atoms with Gasteiger partial charge in [0.1, 0.15) is 23.7 Å². The van der Waals surface area contributed by atoms with Gasteiger partial charge in [0.25, 0.3) is 0 Å². The molecule has 362 valence electrons. The Morgan fingerprint density at radius 1 is 0.611 bits per heavy atom. The number of anilines is 2. The van der Waals surface area contributed by atoms with Crippen molar-refractivity contribution in [3.05, 3.63) is 203 Å². The van der Waals surface area contributed by atoms with E-state index in [9.17, 15) is 20.1 Å². The first-order valence-corrected chi connectivity index (χ1v) is 24.3. The van der Waals surface area contributed by atoms with E-state index in [1.54, 1.807) is 52.4 Å². The van der Waals surface area contributed by atoms with Gasteiger partial charge in [-0.15, -0.1) is 0 Å². The largest absolute Gasteiger partial charge is 0.309 e. The Morgan fingerprint density at radius 2 is 1.24 bits per heavy atom. The molecule has 0 aliphatic rings. The molecule has 8 aromatic rings. The first-order valence-electron chi connectivity index (χ1n) is 24.3. The highest BCUT2D eigenvalue weighted by Crippen LogP contribution is 2.32. The number of aryl methyl sites for hydroxylation is 2. The molecule has 1 unspecified atom stereocenters. The van der Waals surface area contributed by atoms with Gasteiger partial charge in [0.15, 0.2) is 0 Å². The van der Waals surface area contributed by atoms with Crippen LogP contribution in [0.15, 0.2) is 159 Å². The summed E-state index contributed by atoms with van der Waals surface area (Å²) in [5.74, 6) is 0.521. The van der Waals surface area contributed by atoms with Crippen LogP contribution in [-0.2, 0) is 42.9 Å². The van der Waals surface area contributed by atoms with Crippen LogP contribution in [0.2, 0.25) is 0 Å². The molecule has 0 aliphatic heterocycles. The Labute approximate surface area is 420 Å². The fourth-order valence-electron chi connectivity index (χ4n) is 8.90. The third-order valence-corrected chi connectivity index (χ3v) is 12.8. The summed E-state index contributed by atoms with van der Waals surface area (Å²) in [4.78, 5) is 37.2. The molecule has 4 N–H and O–H groups in total. The lowest BCUT2D eigenvalue weighted by Gasteiger charge is -2.23. The number of nitrogens with one attached hydrogen (secondary N) is 4. The standard InChI is InChI=1S/C58H58N12O2/c1-4-5-9-48(52-31-43(34-60)18-19-44(52)25-29-63-55(45-10-7-6-8-11-45)58(72)68-54-32-47(26-28-61-54)50-36-65-69(2)38-50)30-41-16-20-46(21-17-41)56(62-27-24-40-12-14-42(33-59)15-13-40)57(71)67-53-23-22-49(35-64-53)51-37-66-70(3)39-51/h6-8,10-23,26,28,31-32,35-39,48,55-56,62-63H,4-5,9,24-25,27,29-30H2,1-3H3,(H,61,68,72)(H,64,67,71)/t48?,55-,56+/m1/s1. The van der Waals surface area contributed by atoms with Crippen LogP contribution in [0.4, 0.5) is 11.6 Å². The summed E-state index contributed by atoms with van der Waals surface area (Å²) in [6.45, 7) is 3.20. The topological polar surface area (TPSA) is 191 Å². The van der Waals surface area contributed by atoms with Crippen LogP contribution in [0.25, 0.3) is 22.3 Å². The fraction of sp³-hybridized carbons (Fsp3) is 0.241. The highest BCUT2D eigenvalue weighted by molar-refractivity contribution is 5.96. The smallest absolute Gasteiger partial charge is 0.247 e. The predicted octanol–water partition coefficient (Wildman–Crippen LogP) is 9.56. The van der Waals surface area contributed by atoms with Crippen molar-refractivity contribution in [3.63, 3.8) is 0 Å². The second-order valence-electron chi connectivity index (χ2n) is 17.9. The average Bonchev–Trinajstić information content (AvgIpc) is 4.06. The molecule has 0 bridgehead atoms. The second kappa shape index (κ2) is 24.3. The molecule has 14 nitrogen and oxygen atoms in total. The molecule has 8 rings (SSSR count). The Kier molecular flexibility index (Phi) is 16.8. The summed E-state index contributed by atoms with van der Waals surface area (Å²) < 4.78 is 3.47. The molecule has 72 heavy (non-hydrogen) atoms. The van der Waals surface area contributed by atoms with Gasteiger partial charge < -0.3 is 21.3 Å². The molecule has 0 spiro atoms. The second-order valence-corrected chi connectivity index (χ2v) is 17.9. The number of rotatable bonds is 22. The van der Waals surface area contributed by atoms with Crippen LogP contribution < -0.4 is 21.3 Å². The third kappa shape index (κ3) is 13.2. The number of amides is 2.